The summed E-state index contributed by atoms with van der Waals surface area (Å²) >= 11 is 6.22. The normalized spacial score (nSPS) is 11.1. The zero-order chi connectivity index (χ0) is 24.9. The van der Waals surface area contributed by atoms with Crippen molar-refractivity contribution in [1.29, 1.82) is 0 Å². The van der Waals surface area contributed by atoms with Crippen LogP contribution in [0.2, 0.25) is 5.28 Å². The first-order valence-electron chi connectivity index (χ1n) is 11.2. The number of rotatable bonds is 7. The summed E-state index contributed by atoms with van der Waals surface area (Å²) in [5.41, 5.74) is 4.05. The van der Waals surface area contributed by atoms with Gasteiger partial charge in [0.25, 0.3) is 0 Å². The second kappa shape index (κ2) is 10.3. The highest BCUT2D eigenvalue weighted by Crippen LogP contribution is 2.39. The van der Waals surface area contributed by atoms with Crippen LogP contribution in [0.25, 0.3) is 16.8 Å². The van der Waals surface area contributed by atoms with Gasteiger partial charge in [0.1, 0.15) is 5.69 Å². The van der Waals surface area contributed by atoms with Crippen LogP contribution in [0.3, 0.4) is 0 Å². The summed E-state index contributed by atoms with van der Waals surface area (Å²) in [6, 6.07) is 27.1. The Morgan fingerprint density at radius 1 is 0.861 bits per heavy atom. The van der Waals surface area contributed by atoms with Crippen molar-refractivity contribution >= 4 is 51.5 Å². The highest BCUT2D eigenvalue weighted by atomic mass is 35.5. The first-order chi connectivity index (χ1) is 17.6. The van der Waals surface area contributed by atoms with Crippen LogP contribution in [0.4, 0.5) is 23.0 Å². The van der Waals surface area contributed by atoms with E-state index in [4.69, 9.17) is 16.3 Å². The van der Waals surface area contributed by atoms with E-state index >= 15 is 0 Å². The molecule has 8 heteroatoms. The number of hydrogen-bond donors (Lipinski definition) is 1. The number of ether oxygens (including phenoxy) is 1. The number of azo groups is 1. The fourth-order valence-electron chi connectivity index (χ4n) is 3.60. The van der Waals surface area contributed by atoms with E-state index in [1.807, 2.05) is 91.9 Å². The van der Waals surface area contributed by atoms with Crippen molar-refractivity contribution in [2.45, 2.75) is 6.92 Å². The van der Waals surface area contributed by atoms with Gasteiger partial charge < -0.3 is 10.1 Å². The molecule has 0 atom stereocenters. The van der Waals surface area contributed by atoms with Crippen molar-refractivity contribution in [3.05, 3.63) is 108 Å². The van der Waals surface area contributed by atoms with E-state index in [1.54, 1.807) is 6.08 Å². The van der Waals surface area contributed by atoms with Crippen molar-refractivity contribution < 1.29 is 4.74 Å². The van der Waals surface area contributed by atoms with Gasteiger partial charge in [0, 0.05) is 11.1 Å². The second-order valence-corrected chi connectivity index (χ2v) is 8.23. The van der Waals surface area contributed by atoms with E-state index in [9.17, 15) is 0 Å². The predicted octanol–water partition coefficient (Wildman–Crippen LogP) is 8.58. The summed E-state index contributed by atoms with van der Waals surface area (Å²) in [5.74, 6) is 0.710. The molecule has 0 aliphatic rings. The molecule has 176 valence electrons. The summed E-state index contributed by atoms with van der Waals surface area (Å²) < 4.78 is 6.19. The maximum absolute atomic E-state index is 6.22. The van der Waals surface area contributed by atoms with Gasteiger partial charge in [-0.25, -0.2) is 0 Å². The number of benzene rings is 4. The van der Waals surface area contributed by atoms with Gasteiger partial charge in [0.15, 0.2) is 5.75 Å². The highest BCUT2D eigenvalue weighted by molar-refractivity contribution is 6.28. The Labute approximate surface area is 213 Å². The molecule has 0 bridgehead atoms. The maximum Gasteiger partial charge on any atom is 0.328 e. The fourth-order valence-corrected chi connectivity index (χ4v) is 3.75. The third kappa shape index (κ3) is 5.21. The molecule has 4 aromatic carbocycles. The van der Waals surface area contributed by atoms with Gasteiger partial charge in [0.05, 0.1) is 5.69 Å². The molecule has 7 nitrogen and oxygen atoms in total. The number of fused-ring (bicyclic) bond motifs is 1. The van der Waals surface area contributed by atoms with E-state index in [2.05, 4.69) is 37.1 Å². The van der Waals surface area contributed by atoms with Crippen molar-refractivity contribution in [1.82, 2.24) is 15.0 Å². The average molecular weight is 493 g/mol. The minimum absolute atomic E-state index is 0.00861. The highest BCUT2D eigenvalue weighted by Gasteiger charge is 2.14. The molecule has 0 saturated heterocycles. The minimum atomic E-state index is -0.00861. The van der Waals surface area contributed by atoms with Gasteiger partial charge >= 0.3 is 6.01 Å². The number of hydrogen-bond acceptors (Lipinski definition) is 7. The van der Waals surface area contributed by atoms with Gasteiger partial charge in [-0.15, -0.1) is 5.11 Å². The zero-order valence-electron chi connectivity index (χ0n) is 19.4. The first kappa shape index (κ1) is 23.1. The quantitative estimate of drug-likeness (QED) is 0.230. The van der Waals surface area contributed by atoms with E-state index < -0.39 is 0 Å². The standard InChI is InChI=1S/C28H21ClN6O/c1-3-19-10-8-12-21(17-19)30-27-31-26(29)32-28(33-27)36-25-22-13-6-5-11-20(22)15-16-24(25)35-34-23-14-7-4-9-18(23)2/h3-17H,1H2,2H3,(H,30,31,32,33). The van der Waals surface area contributed by atoms with Crippen molar-refractivity contribution in [2.24, 2.45) is 10.2 Å². The van der Waals surface area contributed by atoms with Gasteiger partial charge in [-0.1, -0.05) is 73.3 Å². The topological polar surface area (TPSA) is 84.7 Å². The number of nitrogens with zero attached hydrogens (tertiary/aromatic N) is 5. The number of nitrogens with one attached hydrogen (secondary N) is 1. The monoisotopic (exact) mass is 492 g/mol. The molecule has 5 rings (SSSR count). The molecule has 0 amide bonds. The second-order valence-electron chi connectivity index (χ2n) is 7.89. The number of halogens is 1. The van der Waals surface area contributed by atoms with Crippen LogP contribution in [0.1, 0.15) is 11.1 Å². The Balaban J connectivity index is 1.53. The molecule has 1 aromatic heterocycles. The maximum atomic E-state index is 6.22. The summed E-state index contributed by atoms with van der Waals surface area (Å²) in [7, 11) is 0. The summed E-state index contributed by atoms with van der Waals surface area (Å²) in [6.07, 6.45) is 1.76. The van der Waals surface area contributed by atoms with Crippen LogP contribution < -0.4 is 10.1 Å². The Kier molecular flexibility index (Phi) is 6.64. The van der Waals surface area contributed by atoms with Crippen molar-refractivity contribution in [2.75, 3.05) is 5.32 Å². The van der Waals surface area contributed by atoms with Gasteiger partial charge in [0.2, 0.25) is 11.2 Å². The molecule has 1 N–H and O–H groups in total. The predicted molar refractivity (Wildman–Crippen MR) is 144 cm³/mol. The molecule has 0 aliphatic carbocycles. The lowest BCUT2D eigenvalue weighted by Gasteiger charge is -2.11. The molecule has 0 radical (unpaired) electrons. The number of anilines is 2. The van der Waals surface area contributed by atoms with Crippen LogP contribution in [-0.4, -0.2) is 15.0 Å². The SMILES string of the molecule is C=Cc1cccc(Nc2nc(Cl)nc(Oc3c(N=Nc4ccccc4C)ccc4ccccc34)n2)c1. The average Bonchev–Trinajstić information content (AvgIpc) is 2.89. The van der Waals surface area contributed by atoms with Gasteiger partial charge in [-0.05, 0) is 59.3 Å². The largest absolute Gasteiger partial charge is 0.421 e. The molecule has 0 unspecified atom stereocenters. The lowest BCUT2D eigenvalue weighted by Crippen LogP contribution is -2.02. The number of aryl methyl sites for hydroxylation is 1. The first-order valence-corrected chi connectivity index (χ1v) is 11.5. The van der Waals surface area contributed by atoms with Crippen LogP contribution in [0, 0.1) is 6.92 Å². The van der Waals surface area contributed by atoms with E-state index in [1.165, 1.54) is 0 Å². The summed E-state index contributed by atoms with van der Waals surface area (Å²) in [4.78, 5) is 12.8. The minimum Gasteiger partial charge on any atom is -0.421 e. The van der Waals surface area contributed by atoms with Crippen LogP contribution in [0.15, 0.2) is 102 Å². The Morgan fingerprint density at radius 3 is 2.53 bits per heavy atom. The summed E-state index contributed by atoms with van der Waals surface area (Å²) in [5, 5.41) is 13.9. The van der Waals surface area contributed by atoms with Crippen LogP contribution in [-0.2, 0) is 0 Å². The third-order valence-electron chi connectivity index (χ3n) is 5.40. The number of aromatic nitrogens is 3. The molecule has 0 fully saturated rings. The summed E-state index contributed by atoms with van der Waals surface area (Å²) in [6.45, 7) is 5.78. The zero-order valence-corrected chi connectivity index (χ0v) is 20.1. The molecular weight excluding hydrogens is 472 g/mol. The molecule has 5 aromatic rings. The van der Waals surface area contributed by atoms with E-state index in [0.29, 0.717) is 11.4 Å². The third-order valence-corrected chi connectivity index (χ3v) is 5.57. The van der Waals surface area contributed by atoms with Gasteiger partial charge in [-0.3, -0.25) is 0 Å². The van der Waals surface area contributed by atoms with Crippen molar-refractivity contribution in [3.63, 3.8) is 0 Å². The lowest BCUT2D eigenvalue weighted by atomic mass is 10.1. The van der Waals surface area contributed by atoms with Crippen LogP contribution in [0.5, 0.6) is 11.8 Å². The Morgan fingerprint density at radius 2 is 1.67 bits per heavy atom. The van der Waals surface area contributed by atoms with Crippen molar-refractivity contribution in [3.8, 4) is 11.8 Å². The molecule has 36 heavy (non-hydrogen) atoms. The van der Waals surface area contributed by atoms with E-state index in [0.717, 1.165) is 33.3 Å². The molecule has 0 saturated carbocycles. The Bertz CT molecular complexity index is 1600. The van der Waals surface area contributed by atoms with E-state index in [-0.39, 0.29) is 17.2 Å². The van der Waals surface area contributed by atoms with Crippen LogP contribution >= 0.6 is 11.6 Å². The molecular formula is C28H21ClN6O. The van der Waals surface area contributed by atoms with Gasteiger partial charge in [-0.2, -0.15) is 20.1 Å². The fraction of sp³-hybridized carbons (Fsp3) is 0.0357. The molecule has 1 heterocycles. The lowest BCUT2D eigenvalue weighted by molar-refractivity contribution is 0.446. The Hall–Kier alpha value is -4.62. The molecule has 0 spiro atoms. The molecule has 0 aliphatic heterocycles. The smallest absolute Gasteiger partial charge is 0.328 e.